The first-order valence-electron chi connectivity index (χ1n) is 10.5. The van der Waals surface area contributed by atoms with Gasteiger partial charge in [-0.15, -0.1) is 0 Å². The van der Waals surface area contributed by atoms with Crippen LogP contribution < -0.4 is 14.2 Å². The van der Waals surface area contributed by atoms with Crippen LogP contribution in [-0.2, 0) is 16.1 Å². The normalized spacial score (nSPS) is 14.6. The van der Waals surface area contributed by atoms with E-state index in [0.29, 0.717) is 29.8 Å². The maximum atomic E-state index is 12.6. The van der Waals surface area contributed by atoms with Gasteiger partial charge in [0.15, 0.2) is 11.5 Å². The zero-order chi connectivity index (χ0) is 22.1. The van der Waals surface area contributed by atoms with E-state index >= 15 is 0 Å². The molecule has 0 radical (unpaired) electrons. The van der Waals surface area contributed by atoms with Crippen molar-refractivity contribution in [3.63, 3.8) is 0 Å². The number of hydrogen-bond donors (Lipinski definition) is 0. The van der Waals surface area contributed by atoms with Crippen LogP contribution in [0.2, 0.25) is 0 Å². The minimum atomic E-state index is 0.0115. The monoisotopic (exact) mass is 425 g/mol. The Balaban J connectivity index is 1.49. The van der Waals surface area contributed by atoms with Crippen LogP contribution in [-0.4, -0.2) is 51.8 Å². The molecule has 1 fully saturated rings. The van der Waals surface area contributed by atoms with Crippen LogP contribution in [0, 0.1) is 5.92 Å². The molecule has 0 aliphatic carbocycles. The van der Waals surface area contributed by atoms with Gasteiger partial charge in [-0.3, -0.25) is 4.79 Å². The molecular weight excluding hydrogens is 394 g/mol. The number of piperidine rings is 1. The number of nitrogens with zero attached hydrogens (tertiary/aromatic N) is 1. The molecule has 0 saturated carbocycles. The summed E-state index contributed by atoms with van der Waals surface area (Å²) in [6.07, 6.45) is 5.30. The van der Waals surface area contributed by atoms with Crippen LogP contribution in [0.15, 0.2) is 48.5 Å². The number of likely N-dealkylation sites (tertiary alicyclic amines) is 1. The highest BCUT2D eigenvalue weighted by atomic mass is 16.5. The number of carbonyl (C=O) groups excluding carboxylic acids is 1. The van der Waals surface area contributed by atoms with E-state index in [2.05, 4.69) is 12.1 Å². The van der Waals surface area contributed by atoms with Crippen LogP contribution in [0.1, 0.15) is 24.0 Å². The molecule has 0 spiro atoms. The molecule has 3 rings (SSSR count). The molecule has 1 heterocycles. The fourth-order valence-corrected chi connectivity index (χ4v) is 3.71. The number of amides is 1. The smallest absolute Gasteiger partial charge is 0.246 e. The molecule has 1 amide bonds. The second kappa shape index (κ2) is 11.4. The predicted molar refractivity (Wildman–Crippen MR) is 121 cm³/mol. The molecule has 6 nitrogen and oxygen atoms in total. The van der Waals surface area contributed by atoms with E-state index < -0.39 is 0 Å². The summed E-state index contributed by atoms with van der Waals surface area (Å²) in [5, 5.41) is 0. The van der Waals surface area contributed by atoms with Crippen molar-refractivity contribution in [1.29, 1.82) is 0 Å². The highest BCUT2D eigenvalue weighted by Gasteiger charge is 2.21. The van der Waals surface area contributed by atoms with Crippen molar-refractivity contribution in [2.75, 3.05) is 41.0 Å². The van der Waals surface area contributed by atoms with E-state index in [-0.39, 0.29) is 5.91 Å². The quantitative estimate of drug-likeness (QED) is 0.564. The zero-order valence-electron chi connectivity index (χ0n) is 18.5. The summed E-state index contributed by atoms with van der Waals surface area (Å²) in [7, 11) is 4.71. The minimum Gasteiger partial charge on any atom is -0.493 e. The Kier molecular flexibility index (Phi) is 8.35. The number of ether oxygens (including phenoxy) is 4. The van der Waals surface area contributed by atoms with Gasteiger partial charge < -0.3 is 23.8 Å². The number of hydrogen-bond acceptors (Lipinski definition) is 5. The van der Waals surface area contributed by atoms with Crippen molar-refractivity contribution in [2.45, 2.75) is 19.4 Å². The summed E-state index contributed by atoms with van der Waals surface area (Å²) < 4.78 is 21.9. The number of benzene rings is 2. The summed E-state index contributed by atoms with van der Waals surface area (Å²) in [6.45, 7) is 2.87. The standard InChI is InChI=1S/C25H31NO5/c1-28-22-15-21(16-23(29-2)25(22)30-3)9-10-24(27)26-13-11-20(12-14-26)18-31-17-19-7-5-4-6-8-19/h4-10,15-16,20H,11-14,17-18H2,1-3H3/b10-9+. The lowest BCUT2D eigenvalue weighted by molar-refractivity contribution is -0.127. The topological polar surface area (TPSA) is 57.2 Å². The first-order valence-corrected chi connectivity index (χ1v) is 10.5. The van der Waals surface area contributed by atoms with Crippen LogP contribution in [0.3, 0.4) is 0 Å². The molecular formula is C25H31NO5. The molecule has 1 saturated heterocycles. The van der Waals surface area contributed by atoms with Gasteiger partial charge in [-0.25, -0.2) is 0 Å². The van der Waals surface area contributed by atoms with Crippen LogP contribution >= 0.6 is 0 Å². The Morgan fingerprint density at radius 1 is 1.00 bits per heavy atom. The van der Waals surface area contributed by atoms with Crippen LogP contribution in [0.5, 0.6) is 17.2 Å². The van der Waals surface area contributed by atoms with Gasteiger partial charge in [0.1, 0.15) is 0 Å². The third kappa shape index (κ3) is 6.25. The van der Waals surface area contributed by atoms with E-state index in [0.717, 1.165) is 38.1 Å². The van der Waals surface area contributed by atoms with Crippen molar-refractivity contribution in [3.05, 3.63) is 59.7 Å². The molecule has 166 valence electrons. The number of methoxy groups -OCH3 is 3. The van der Waals surface area contributed by atoms with Crippen LogP contribution in [0.4, 0.5) is 0 Å². The average molecular weight is 426 g/mol. The van der Waals surface area contributed by atoms with E-state index in [1.165, 1.54) is 5.56 Å². The SMILES string of the molecule is COc1cc(/C=C/C(=O)N2CCC(COCc3ccccc3)CC2)cc(OC)c1OC. The third-order valence-corrected chi connectivity index (χ3v) is 5.50. The Bertz CT molecular complexity index is 848. The molecule has 1 aliphatic rings. The predicted octanol–water partition coefficient (Wildman–Crippen LogP) is 4.18. The first-order chi connectivity index (χ1) is 15.1. The van der Waals surface area contributed by atoms with Gasteiger partial charge in [0, 0.05) is 25.8 Å². The lowest BCUT2D eigenvalue weighted by atomic mass is 9.97. The van der Waals surface area contributed by atoms with Crippen molar-refractivity contribution in [3.8, 4) is 17.2 Å². The lowest BCUT2D eigenvalue weighted by Gasteiger charge is -2.31. The Morgan fingerprint density at radius 3 is 2.23 bits per heavy atom. The molecule has 0 bridgehead atoms. The second-order valence-corrected chi connectivity index (χ2v) is 7.56. The fourth-order valence-electron chi connectivity index (χ4n) is 3.71. The highest BCUT2D eigenvalue weighted by Crippen LogP contribution is 2.38. The van der Waals surface area contributed by atoms with E-state index in [9.17, 15) is 4.79 Å². The molecule has 0 aromatic heterocycles. The van der Waals surface area contributed by atoms with Gasteiger partial charge in [0.25, 0.3) is 0 Å². The summed E-state index contributed by atoms with van der Waals surface area (Å²) >= 11 is 0. The molecule has 0 unspecified atom stereocenters. The van der Waals surface area contributed by atoms with Crippen LogP contribution in [0.25, 0.3) is 6.08 Å². The number of carbonyl (C=O) groups is 1. The molecule has 0 atom stereocenters. The Morgan fingerprint density at radius 2 is 1.65 bits per heavy atom. The van der Waals surface area contributed by atoms with Gasteiger partial charge in [0.2, 0.25) is 11.7 Å². The van der Waals surface area contributed by atoms with E-state index in [1.807, 2.05) is 35.2 Å². The van der Waals surface area contributed by atoms with Crippen molar-refractivity contribution < 1.29 is 23.7 Å². The molecule has 2 aromatic rings. The minimum absolute atomic E-state index is 0.0115. The van der Waals surface area contributed by atoms with E-state index in [4.69, 9.17) is 18.9 Å². The molecule has 1 aliphatic heterocycles. The average Bonchev–Trinajstić information content (AvgIpc) is 2.82. The molecule has 6 heteroatoms. The van der Waals surface area contributed by atoms with Crippen molar-refractivity contribution in [1.82, 2.24) is 4.90 Å². The van der Waals surface area contributed by atoms with E-state index in [1.54, 1.807) is 33.5 Å². The van der Waals surface area contributed by atoms with Gasteiger partial charge in [0.05, 0.1) is 27.9 Å². The largest absolute Gasteiger partial charge is 0.493 e. The van der Waals surface area contributed by atoms with Gasteiger partial charge in [-0.1, -0.05) is 30.3 Å². The van der Waals surface area contributed by atoms with Gasteiger partial charge >= 0.3 is 0 Å². The van der Waals surface area contributed by atoms with Gasteiger partial charge in [-0.2, -0.15) is 0 Å². The molecule has 0 N–H and O–H groups in total. The Labute approximate surface area is 184 Å². The maximum Gasteiger partial charge on any atom is 0.246 e. The maximum absolute atomic E-state index is 12.6. The lowest BCUT2D eigenvalue weighted by Crippen LogP contribution is -2.38. The fraction of sp³-hybridized carbons (Fsp3) is 0.400. The van der Waals surface area contributed by atoms with Gasteiger partial charge in [-0.05, 0) is 48.1 Å². The summed E-state index contributed by atoms with van der Waals surface area (Å²) in [4.78, 5) is 14.5. The molecule has 2 aromatic carbocycles. The van der Waals surface area contributed by atoms with Crippen molar-refractivity contribution >= 4 is 12.0 Å². The Hall–Kier alpha value is -2.99. The summed E-state index contributed by atoms with van der Waals surface area (Å²) in [5.41, 5.74) is 2.00. The first kappa shape index (κ1) is 22.7. The zero-order valence-corrected chi connectivity index (χ0v) is 18.5. The number of rotatable bonds is 9. The summed E-state index contributed by atoms with van der Waals surface area (Å²) in [5.74, 6) is 2.16. The second-order valence-electron chi connectivity index (χ2n) is 7.56. The van der Waals surface area contributed by atoms with Crippen molar-refractivity contribution in [2.24, 2.45) is 5.92 Å². The summed E-state index contributed by atoms with van der Waals surface area (Å²) in [6, 6.07) is 13.8. The molecule has 31 heavy (non-hydrogen) atoms. The third-order valence-electron chi connectivity index (χ3n) is 5.50. The highest BCUT2D eigenvalue weighted by molar-refractivity contribution is 5.92.